The second-order valence-electron chi connectivity index (χ2n) is 5.17. The third-order valence-electron chi connectivity index (χ3n) is 3.52. The molecule has 0 radical (unpaired) electrons. The zero-order chi connectivity index (χ0) is 15.5. The maximum Gasteiger partial charge on any atom is 0.185 e. The van der Waals surface area contributed by atoms with Gasteiger partial charge in [-0.1, -0.05) is 18.2 Å². The largest absolute Gasteiger partial charge is 0.457 e. The first-order valence-corrected chi connectivity index (χ1v) is 7.07. The van der Waals surface area contributed by atoms with Crippen molar-refractivity contribution >= 4 is 6.29 Å². The van der Waals surface area contributed by atoms with Crippen molar-refractivity contribution in [2.75, 3.05) is 0 Å². The van der Waals surface area contributed by atoms with E-state index in [0.717, 1.165) is 28.2 Å². The second kappa shape index (κ2) is 5.90. The number of hydrogen-bond donors (Lipinski definition) is 0. The van der Waals surface area contributed by atoms with Gasteiger partial charge in [0.2, 0.25) is 0 Å². The molecule has 2 aromatic carbocycles. The summed E-state index contributed by atoms with van der Waals surface area (Å²) in [5.74, 6) is 2.65. The number of benzene rings is 2. The molecular weight excluding hydrogens is 276 g/mol. The first kappa shape index (κ1) is 14.1. The quantitative estimate of drug-likeness (QED) is 0.623. The van der Waals surface area contributed by atoms with Crippen molar-refractivity contribution in [3.63, 3.8) is 0 Å². The van der Waals surface area contributed by atoms with E-state index >= 15 is 0 Å². The number of ether oxygens (including phenoxy) is 1. The third-order valence-corrected chi connectivity index (χ3v) is 3.52. The molecule has 1 aromatic heterocycles. The Morgan fingerprint density at radius 2 is 1.68 bits per heavy atom. The monoisotopic (exact) mass is 292 g/mol. The van der Waals surface area contributed by atoms with Gasteiger partial charge in [-0.25, -0.2) is 0 Å². The van der Waals surface area contributed by atoms with E-state index in [-0.39, 0.29) is 0 Å². The lowest BCUT2D eigenvalue weighted by Gasteiger charge is -2.11. The van der Waals surface area contributed by atoms with Crippen LogP contribution in [0.3, 0.4) is 0 Å². The number of carbonyl (C=O) groups is 1. The van der Waals surface area contributed by atoms with Crippen LogP contribution in [0.5, 0.6) is 11.5 Å². The van der Waals surface area contributed by atoms with Crippen LogP contribution >= 0.6 is 0 Å². The lowest BCUT2D eigenvalue weighted by Crippen LogP contribution is -1.90. The number of para-hydroxylation sites is 1. The van der Waals surface area contributed by atoms with Gasteiger partial charge >= 0.3 is 0 Å². The van der Waals surface area contributed by atoms with E-state index in [1.54, 1.807) is 12.1 Å². The predicted molar refractivity (Wildman–Crippen MR) is 85.5 cm³/mol. The van der Waals surface area contributed by atoms with E-state index in [9.17, 15) is 4.79 Å². The summed E-state index contributed by atoms with van der Waals surface area (Å²) in [5.41, 5.74) is 3.01. The fraction of sp³-hybridized carbons (Fsp3) is 0.105. The Kier molecular flexibility index (Phi) is 3.79. The van der Waals surface area contributed by atoms with Gasteiger partial charge in [-0.15, -0.1) is 0 Å². The van der Waals surface area contributed by atoms with Crippen molar-refractivity contribution in [2.45, 2.75) is 13.8 Å². The number of carbonyl (C=O) groups excluding carboxylic acids is 1. The van der Waals surface area contributed by atoms with E-state index in [4.69, 9.17) is 9.15 Å². The van der Waals surface area contributed by atoms with Crippen LogP contribution in [0.15, 0.2) is 59.0 Å². The van der Waals surface area contributed by atoms with Crippen LogP contribution in [0.2, 0.25) is 0 Å². The highest BCUT2D eigenvalue weighted by atomic mass is 16.5. The Morgan fingerprint density at radius 3 is 2.36 bits per heavy atom. The van der Waals surface area contributed by atoms with E-state index < -0.39 is 0 Å². The average Bonchev–Trinajstić information content (AvgIpc) is 3.00. The lowest BCUT2D eigenvalue weighted by atomic mass is 10.1. The molecule has 0 spiro atoms. The van der Waals surface area contributed by atoms with Gasteiger partial charge < -0.3 is 9.15 Å². The van der Waals surface area contributed by atoms with E-state index in [1.165, 1.54) is 0 Å². The van der Waals surface area contributed by atoms with Crippen LogP contribution in [0.25, 0.3) is 11.3 Å². The second-order valence-corrected chi connectivity index (χ2v) is 5.17. The minimum Gasteiger partial charge on any atom is -0.457 e. The van der Waals surface area contributed by atoms with Crippen LogP contribution in [0.4, 0.5) is 0 Å². The van der Waals surface area contributed by atoms with Gasteiger partial charge in [0.05, 0.1) is 0 Å². The molecule has 22 heavy (non-hydrogen) atoms. The lowest BCUT2D eigenvalue weighted by molar-refractivity contribution is 0.110. The van der Waals surface area contributed by atoms with Gasteiger partial charge in [0.1, 0.15) is 17.3 Å². The van der Waals surface area contributed by atoms with E-state index in [2.05, 4.69) is 0 Å². The molecule has 3 heteroatoms. The molecule has 0 amide bonds. The molecule has 0 unspecified atom stereocenters. The van der Waals surface area contributed by atoms with E-state index in [0.29, 0.717) is 17.8 Å². The molecule has 0 aliphatic carbocycles. The Morgan fingerprint density at radius 1 is 0.909 bits per heavy atom. The summed E-state index contributed by atoms with van der Waals surface area (Å²) < 4.78 is 11.4. The van der Waals surface area contributed by atoms with Gasteiger partial charge in [0.15, 0.2) is 12.0 Å². The van der Waals surface area contributed by atoms with Crippen LogP contribution in [0, 0.1) is 13.8 Å². The average molecular weight is 292 g/mol. The SMILES string of the molecule is Cc1ccccc1Oc1ccc(-c2ccc(C=O)o2)cc1C. The molecule has 0 aliphatic rings. The molecule has 0 aliphatic heterocycles. The Labute approximate surface area is 129 Å². The van der Waals surface area contributed by atoms with Crippen molar-refractivity contribution in [1.82, 2.24) is 0 Å². The highest BCUT2D eigenvalue weighted by Crippen LogP contribution is 2.31. The van der Waals surface area contributed by atoms with Gasteiger partial charge in [0.25, 0.3) is 0 Å². The summed E-state index contributed by atoms with van der Waals surface area (Å²) in [6.45, 7) is 4.00. The molecule has 1 heterocycles. The topological polar surface area (TPSA) is 39.4 Å². The van der Waals surface area contributed by atoms with Crippen LogP contribution in [0.1, 0.15) is 21.7 Å². The molecule has 0 saturated carbocycles. The smallest absolute Gasteiger partial charge is 0.185 e. The van der Waals surface area contributed by atoms with Crippen LogP contribution in [-0.4, -0.2) is 6.29 Å². The zero-order valence-electron chi connectivity index (χ0n) is 12.5. The minimum atomic E-state index is 0.327. The van der Waals surface area contributed by atoms with Gasteiger partial charge in [-0.05, 0) is 61.4 Å². The fourth-order valence-corrected chi connectivity index (χ4v) is 2.28. The normalized spacial score (nSPS) is 10.5. The zero-order valence-corrected chi connectivity index (χ0v) is 12.5. The summed E-state index contributed by atoms with van der Waals surface area (Å²) in [7, 11) is 0. The number of rotatable bonds is 4. The number of hydrogen-bond acceptors (Lipinski definition) is 3. The summed E-state index contributed by atoms with van der Waals surface area (Å²) in [6.07, 6.45) is 0.700. The Bertz CT molecular complexity index is 815. The molecular formula is C19H16O3. The molecule has 0 fully saturated rings. The first-order valence-electron chi connectivity index (χ1n) is 7.07. The first-order chi connectivity index (χ1) is 10.7. The molecule has 0 atom stereocenters. The van der Waals surface area contributed by atoms with Crippen LogP contribution < -0.4 is 4.74 Å². The third kappa shape index (κ3) is 2.79. The Balaban J connectivity index is 1.89. The molecule has 3 aromatic rings. The summed E-state index contributed by atoms with van der Waals surface area (Å²) in [5, 5.41) is 0. The summed E-state index contributed by atoms with van der Waals surface area (Å²) in [6, 6.07) is 17.2. The molecule has 0 saturated heterocycles. The standard InChI is InChI=1S/C19H16O3/c1-13-5-3-4-6-17(13)22-18-9-7-15(11-14(18)2)19-10-8-16(12-20)21-19/h3-12H,1-2H3. The Hall–Kier alpha value is -2.81. The van der Waals surface area contributed by atoms with E-state index in [1.807, 2.05) is 56.3 Å². The number of aldehydes is 1. The van der Waals surface area contributed by atoms with Crippen molar-refractivity contribution in [3.8, 4) is 22.8 Å². The maximum atomic E-state index is 10.7. The summed E-state index contributed by atoms with van der Waals surface area (Å²) in [4.78, 5) is 10.7. The highest BCUT2D eigenvalue weighted by molar-refractivity contribution is 5.73. The van der Waals surface area contributed by atoms with Gasteiger partial charge in [-0.2, -0.15) is 0 Å². The molecule has 0 bridgehead atoms. The molecule has 110 valence electrons. The number of furan rings is 1. The van der Waals surface area contributed by atoms with Gasteiger partial charge in [-0.3, -0.25) is 4.79 Å². The summed E-state index contributed by atoms with van der Waals surface area (Å²) >= 11 is 0. The molecule has 0 N–H and O–H groups in total. The molecule has 3 nitrogen and oxygen atoms in total. The molecule has 3 rings (SSSR count). The minimum absolute atomic E-state index is 0.327. The van der Waals surface area contributed by atoms with Crippen molar-refractivity contribution in [3.05, 3.63) is 71.5 Å². The predicted octanol–water partition coefficient (Wildman–Crippen LogP) is 5.17. The fourth-order valence-electron chi connectivity index (χ4n) is 2.28. The van der Waals surface area contributed by atoms with Crippen molar-refractivity contribution in [2.24, 2.45) is 0 Å². The number of aryl methyl sites for hydroxylation is 2. The van der Waals surface area contributed by atoms with Crippen molar-refractivity contribution < 1.29 is 13.9 Å². The highest BCUT2D eigenvalue weighted by Gasteiger charge is 2.08. The van der Waals surface area contributed by atoms with Crippen LogP contribution in [-0.2, 0) is 0 Å². The van der Waals surface area contributed by atoms with Crippen molar-refractivity contribution in [1.29, 1.82) is 0 Å². The maximum absolute atomic E-state index is 10.7. The van der Waals surface area contributed by atoms with Gasteiger partial charge in [0, 0.05) is 5.56 Å².